The quantitative estimate of drug-likeness (QED) is 0.762. The molecule has 3 heteroatoms. The van der Waals surface area contributed by atoms with E-state index in [2.05, 4.69) is 20.8 Å². The van der Waals surface area contributed by atoms with Crippen LogP contribution in [0, 0.1) is 11.3 Å². The maximum atomic E-state index is 6.03. The van der Waals surface area contributed by atoms with E-state index in [1.165, 1.54) is 19.3 Å². The largest absolute Gasteiger partial charge is 0.378 e. The summed E-state index contributed by atoms with van der Waals surface area (Å²) in [5.74, 6) is 0.774. The lowest BCUT2D eigenvalue weighted by atomic mass is 9.71. The van der Waals surface area contributed by atoms with Gasteiger partial charge in [-0.25, -0.2) is 0 Å². The van der Waals surface area contributed by atoms with Gasteiger partial charge in [-0.3, -0.25) is 0 Å². The summed E-state index contributed by atoms with van der Waals surface area (Å²) in [4.78, 5) is 0. The van der Waals surface area contributed by atoms with Crippen LogP contribution in [0.1, 0.15) is 53.4 Å². The Kier molecular flexibility index (Phi) is 6.61. The lowest BCUT2D eigenvalue weighted by Gasteiger charge is -2.38. The molecule has 108 valence electrons. The smallest absolute Gasteiger partial charge is 0.0719 e. The van der Waals surface area contributed by atoms with Crippen molar-refractivity contribution in [2.24, 2.45) is 17.1 Å². The van der Waals surface area contributed by atoms with Gasteiger partial charge < -0.3 is 15.2 Å². The number of hydrogen-bond acceptors (Lipinski definition) is 3. The SMILES string of the molecule is CCOC(CN)CCOC1CC(C)CC(C)(C)C1. The van der Waals surface area contributed by atoms with Crippen molar-refractivity contribution < 1.29 is 9.47 Å². The van der Waals surface area contributed by atoms with Gasteiger partial charge in [0.1, 0.15) is 0 Å². The van der Waals surface area contributed by atoms with Crippen LogP contribution in [0.3, 0.4) is 0 Å². The van der Waals surface area contributed by atoms with Crippen molar-refractivity contribution in [3.8, 4) is 0 Å². The Morgan fingerprint density at radius 1 is 1.33 bits per heavy atom. The fourth-order valence-corrected chi connectivity index (χ4v) is 3.26. The Bertz CT molecular complexity index is 231. The Hall–Kier alpha value is -0.120. The van der Waals surface area contributed by atoms with Crippen LogP contribution < -0.4 is 5.73 Å². The second kappa shape index (κ2) is 7.46. The average Bonchev–Trinajstić information content (AvgIpc) is 2.25. The van der Waals surface area contributed by atoms with Crippen molar-refractivity contribution in [3.63, 3.8) is 0 Å². The molecule has 0 aromatic rings. The van der Waals surface area contributed by atoms with Crippen molar-refractivity contribution in [1.29, 1.82) is 0 Å². The predicted molar refractivity (Wildman–Crippen MR) is 75.6 cm³/mol. The van der Waals surface area contributed by atoms with Crippen LogP contribution in [-0.4, -0.2) is 32.0 Å². The summed E-state index contributed by atoms with van der Waals surface area (Å²) in [6.07, 6.45) is 5.19. The van der Waals surface area contributed by atoms with Crippen LogP contribution in [0.2, 0.25) is 0 Å². The van der Waals surface area contributed by atoms with E-state index in [1.54, 1.807) is 0 Å². The molecule has 1 aliphatic rings. The molecule has 3 unspecified atom stereocenters. The first-order chi connectivity index (χ1) is 8.46. The summed E-state index contributed by atoms with van der Waals surface area (Å²) in [5.41, 5.74) is 6.09. The highest BCUT2D eigenvalue weighted by molar-refractivity contribution is 4.83. The number of nitrogens with two attached hydrogens (primary N) is 1. The van der Waals surface area contributed by atoms with Gasteiger partial charge in [-0.05, 0) is 43.9 Å². The monoisotopic (exact) mass is 257 g/mol. The number of ether oxygens (including phenoxy) is 2. The maximum absolute atomic E-state index is 6.03. The van der Waals surface area contributed by atoms with Gasteiger partial charge >= 0.3 is 0 Å². The molecule has 0 saturated heterocycles. The molecule has 2 N–H and O–H groups in total. The Balaban J connectivity index is 2.26. The van der Waals surface area contributed by atoms with E-state index in [-0.39, 0.29) is 6.10 Å². The zero-order chi connectivity index (χ0) is 13.6. The maximum Gasteiger partial charge on any atom is 0.0719 e. The summed E-state index contributed by atoms with van der Waals surface area (Å²) in [6, 6.07) is 0. The van der Waals surface area contributed by atoms with Crippen LogP contribution in [0.5, 0.6) is 0 Å². The summed E-state index contributed by atoms with van der Waals surface area (Å²) in [6.45, 7) is 11.1. The molecular formula is C15H31NO2. The second-order valence-corrected chi connectivity index (χ2v) is 6.51. The molecule has 0 spiro atoms. The molecule has 1 rings (SSSR count). The third-order valence-electron chi connectivity index (χ3n) is 3.81. The lowest BCUT2D eigenvalue weighted by molar-refractivity contribution is -0.0394. The fraction of sp³-hybridized carbons (Fsp3) is 1.00. The zero-order valence-electron chi connectivity index (χ0n) is 12.6. The van der Waals surface area contributed by atoms with Crippen molar-refractivity contribution in [1.82, 2.24) is 0 Å². The van der Waals surface area contributed by atoms with Gasteiger partial charge in [-0.2, -0.15) is 0 Å². The molecule has 0 aromatic carbocycles. The summed E-state index contributed by atoms with van der Waals surface area (Å²) in [5, 5.41) is 0. The molecule has 0 aliphatic heterocycles. The van der Waals surface area contributed by atoms with E-state index < -0.39 is 0 Å². The highest BCUT2D eigenvalue weighted by Crippen LogP contribution is 2.39. The van der Waals surface area contributed by atoms with Crippen molar-refractivity contribution in [2.45, 2.75) is 65.6 Å². The third kappa shape index (κ3) is 5.68. The highest BCUT2D eigenvalue weighted by Gasteiger charge is 2.32. The fourth-order valence-electron chi connectivity index (χ4n) is 3.26. The van der Waals surface area contributed by atoms with Gasteiger partial charge in [0, 0.05) is 19.8 Å². The van der Waals surface area contributed by atoms with E-state index in [4.69, 9.17) is 15.2 Å². The predicted octanol–water partition coefficient (Wildman–Crippen LogP) is 2.97. The Morgan fingerprint density at radius 3 is 2.61 bits per heavy atom. The van der Waals surface area contributed by atoms with Crippen molar-refractivity contribution >= 4 is 0 Å². The van der Waals surface area contributed by atoms with E-state index in [9.17, 15) is 0 Å². The molecule has 0 radical (unpaired) electrons. The molecule has 1 fully saturated rings. The molecule has 0 aromatic heterocycles. The minimum atomic E-state index is 0.157. The third-order valence-corrected chi connectivity index (χ3v) is 3.81. The first-order valence-electron chi connectivity index (χ1n) is 7.40. The van der Waals surface area contributed by atoms with Gasteiger partial charge in [0.25, 0.3) is 0 Å². The first kappa shape index (κ1) is 15.9. The van der Waals surface area contributed by atoms with Gasteiger partial charge in [0.2, 0.25) is 0 Å². The zero-order valence-corrected chi connectivity index (χ0v) is 12.6. The van der Waals surface area contributed by atoms with E-state index >= 15 is 0 Å². The van der Waals surface area contributed by atoms with Gasteiger partial charge in [0.15, 0.2) is 0 Å². The van der Waals surface area contributed by atoms with Crippen LogP contribution in [0.4, 0.5) is 0 Å². The summed E-state index contributed by atoms with van der Waals surface area (Å²) in [7, 11) is 0. The first-order valence-corrected chi connectivity index (χ1v) is 7.40. The minimum absolute atomic E-state index is 0.157. The number of hydrogen-bond donors (Lipinski definition) is 1. The van der Waals surface area contributed by atoms with E-state index in [0.29, 0.717) is 18.1 Å². The summed E-state index contributed by atoms with van der Waals surface area (Å²) >= 11 is 0. The topological polar surface area (TPSA) is 44.5 Å². The highest BCUT2D eigenvalue weighted by atomic mass is 16.5. The van der Waals surface area contributed by atoms with E-state index in [0.717, 1.165) is 25.6 Å². The van der Waals surface area contributed by atoms with Crippen LogP contribution in [0.25, 0.3) is 0 Å². The van der Waals surface area contributed by atoms with E-state index in [1.807, 2.05) is 6.92 Å². The molecule has 3 atom stereocenters. The standard InChI is InChI=1S/C15H31NO2/c1-5-17-13(11-16)6-7-18-14-8-12(2)9-15(3,4)10-14/h12-14H,5-11,16H2,1-4H3. The Morgan fingerprint density at radius 2 is 2.06 bits per heavy atom. The second-order valence-electron chi connectivity index (χ2n) is 6.51. The van der Waals surface area contributed by atoms with Crippen LogP contribution in [0.15, 0.2) is 0 Å². The average molecular weight is 257 g/mol. The molecular weight excluding hydrogens is 226 g/mol. The summed E-state index contributed by atoms with van der Waals surface area (Å²) < 4.78 is 11.6. The van der Waals surface area contributed by atoms with Gasteiger partial charge in [-0.15, -0.1) is 0 Å². The van der Waals surface area contributed by atoms with Gasteiger partial charge in [0.05, 0.1) is 12.2 Å². The molecule has 18 heavy (non-hydrogen) atoms. The Labute approximate surface area is 112 Å². The molecule has 1 aliphatic carbocycles. The lowest BCUT2D eigenvalue weighted by Crippen LogP contribution is -2.33. The minimum Gasteiger partial charge on any atom is -0.378 e. The van der Waals surface area contributed by atoms with Crippen LogP contribution in [-0.2, 0) is 9.47 Å². The molecule has 3 nitrogen and oxygen atoms in total. The van der Waals surface area contributed by atoms with Gasteiger partial charge in [-0.1, -0.05) is 20.8 Å². The molecule has 1 saturated carbocycles. The molecule has 0 bridgehead atoms. The normalized spacial score (nSPS) is 29.2. The van der Waals surface area contributed by atoms with Crippen molar-refractivity contribution in [2.75, 3.05) is 19.8 Å². The van der Waals surface area contributed by atoms with Crippen LogP contribution >= 0.6 is 0 Å². The molecule has 0 heterocycles. The number of rotatable bonds is 7. The molecule has 0 amide bonds. The van der Waals surface area contributed by atoms with Crippen molar-refractivity contribution in [3.05, 3.63) is 0 Å².